The van der Waals surface area contributed by atoms with Crippen molar-refractivity contribution in [3.05, 3.63) is 41.6 Å². The van der Waals surface area contributed by atoms with Crippen LogP contribution in [-0.4, -0.2) is 32.4 Å². The van der Waals surface area contributed by atoms with Crippen LogP contribution in [0.4, 0.5) is 9.59 Å². The van der Waals surface area contributed by atoms with Gasteiger partial charge in [0.1, 0.15) is 5.75 Å². The second kappa shape index (κ2) is 10.3. The van der Waals surface area contributed by atoms with Crippen LogP contribution in [0.5, 0.6) is 5.75 Å². The smallest absolute Gasteiger partial charge is 0.407 e. The predicted molar refractivity (Wildman–Crippen MR) is 99.0 cm³/mol. The highest BCUT2D eigenvalue weighted by Crippen LogP contribution is 2.22. The molecular weight excluding hydrogens is 334 g/mol. The molecule has 0 fully saturated rings. The zero-order valence-corrected chi connectivity index (χ0v) is 15.3. The van der Waals surface area contributed by atoms with Gasteiger partial charge in [0.2, 0.25) is 0 Å². The number of allylic oxidation sites excluding steroid dienone is 1. The van der Waals surface area contributed by atoms with Crippen LogP contribution >= 0.6 is 0 Å². The number of hydrogen-bond donors (Lipinski definition) is 3. The van der Waals surface area contributed by atoms with Gasteiger partial charge in [0.15, 0.2) is 0 Å². The number of benzene rings is 1. The first kappa shape index (κ1) is 19.6. The minimum atomic E-state index is -0.372. The number of methoxy groups -OCH3 is 1. The molecule has 142 valence electrons. The van der Waals surface area contributed by atoms with E-state index in [1.165, 1.54) is 0 Å². The zero-order chi connectivity index (χ0) is 18.8. The van der Waals surface area contributed by atoms with E-state index < -0.39 is 0 Å². The standard InChI is InChI=1S/C19H27N3O4/c1-3-26-19(24)20-12-6-4-5-7-15-13-17(22-18(23)21-15)14-8-10-16(25-2)11-9-14/h8-11,13,17H,3-7,12H2,1-2H3,(H,20,24)(H2,21,22,23). The van der Waals surface area contributed by atoms with E-state index in [-0.39, 0.29) is 18.2 Å². The normalized spacial score (nSPS) is 16.2. The maximum Gasteiger partial charge on any atom is 0.407 e. The lowest BCUT2D eigenvalue weighted by atomic mass is 10.0. The Kier molecular flexibility index (Phi) is 7.79. The molecule has 26 heavy (non-hydrogen) atoms. The first-order valence-electron chi connectivity index (χ1n) is 8.95. The van der Waals surface area contributed by atoms with E-state index in [4.69, 9.17) is 9.47 Å². The van der Waals surface area contributed by atoms with Crippen molar-refractivity contribution < 1.29 is 19.1 Å². The molecule has 7 nitrogen and oxygen atoms in total. The van der Waals surface area contributed by atoms with Crippen LogP contribution in [0, 0.1) is 0 Å². The Balaban J connectivity index is 1.77. The van der Waals surface area contributed by atoms with E-state index >= 15 is 0 Å². The van der Waals surface area contributed by atoms with E-state index in [0.29, 0.717) is 13.2 Å². The predicted octanol–water partition coefficient (Wildman–Crippen LogP) is 3.24. The van der Waals surface area contributed by atoms with Gasteiger partial charge in [-0.25, -0.2) is 9.59 Å². The Morgan fingerprint density at radius 1 is 1.19 bits per heavy atom. The first-order chi connectivity index (χ1) is 12.6. The van der Waals surface area contributed by atoms with Crippen LogP contribution in [0.1, 0.15) is 44.2 Å². The summed E-state index contributed by atoms with van der Waals surface area (Å²) in [6.07, 6.45) is 5.23. The van der Waals surface area contributed by atoms with Gasteiger partial charge in [-0.1, -0.05) is 18.6 Å². The number of amides is 3. The minimum Gasteiger partial charge on any atom is -0.497 e. The molecule has 7 heteroatoms. The van der Waals surface area contributed by atoms with Crippen LogP contribution in [0.15, 0.2) is 36.0 Å². The summed E-state index contributed by atoms with van der Waals surface area (Å²) in [5.41, 5.74) is 1.93. The van der Waals surface area contributed by atoms with E-state index in [1.54, 1.807) is 14.0 Å². The highest BCUT2D eigenvalue weighted by Gasteiger charge is 2.19. The maximum atomic E-state index is 11.9. The van der Waals surface area contributed by atoms with Gasteiger partial charge in [-0.05, 0) is 50.0 Å². The molecule has 1 aliphatic rings. The van der Waals surface area contributed by atoms with E-state index in [2.05, 4.69) is 16.0 Å². The SMILES string of the molecule is CCOC(=O)NCCCCCC1=CC(c2ccc(OC)cc2)NC(=O)N1. The quantitative estimate of drug-likeness (QED) is 0.589. The third kappa shape index (κ3) is 6.31. The van der Waals surface area contributed by atoms with Crippen molar-refractivity contribution in [2.24, 2.45) is 0 Å². The number of alkyl carbamates (subject to hydrolysis) is 1. The molecule has 3 amide bonds. The second-order valence-electron chi connectivity index (χ2n) is 6.00. The van der Waals surface area contributed by atoms with Gasteiger partial charge in [-0.15, -0.1) is 0 Å². The lowest BCUT2D eigenvalue weighted by molar-refractivity contribution is 0.152. The Hall–Kier alpha value is -2.70. The molecule has 0 aliphatic carbocycles. The third-order valence-corrected chi connectivity index (χ3v) is 4.07. The number of urea groups is 1. The summed E-state index contributed by atoms with van der Waals surface area (Å²) in [6.45, 7) is 2.75. The van der Waals surface area contributed by atoms with E-state index in [9.17, 15) is 9.59 Å². The van der Waals surface area contributed by atoms with E-state index in [0.717, 1.165) is 42.7 Å². The molecule has 0 saturated heterocycles. The highest BCUT2D eigenvalue weighted by molar-refractivity contribution is 5.78. The van der Waals surface area contributed by atoms with Crippen molar-refractivity contribution in [1.29, 1.82) is 0 Å². The third-order valence-electron chi connectivity index (χ3n) is 4.07. The Morgan fingerprint density at radius 2 is 1.96 bits per heavy atom. The molecule has 0 spiro atoms. The van der Waals surface area contributed by atoms with Gasteiger partial charge < -0.3 is 25.4 Å². The molecule has 1 unspecified atom stereocenters. The Bertz CT molecular complexity index is 628. The molecule has 1 heterocycles. The molecule has 0 radical (unpaired) electrons. The van der Waals surface area contributed by atoms with Crippen molar-refractivity contribution in [2.75, 3.05) is 20.3 Å². The first-order valence-corrected chi connectivity index (χ1v) is 8.95. The molecule has 1 aromatic rings. The largest absolute Gasteiger partial charge is 0.497 e. The van der Waals surface area contributed by atoms with Gasteiger partial charge in [-0.3, -0.25) is 0 Å². The summed E-state index contributed by atoms with van der Waals surface area (Å²) in [5.74, 6) is 0.787. The molecule has 1 atom stereocenters. The molecular formula is C19H27N3O4. The summed E-state index contributed by atoms with van der Waals surface area (Å²) in [7, 11) is 1.63. The Labute approximate surface area is 154 Å². The van der Waals surface area contributed by atoms with Crippen molar-refractivity contribution in [2.45, 2.75) is 38.6 Å². The van der Waals surface area contributed by atoms with Crippen LogP contribution < -0.4 is 20.7 Å². The summed E-state index contributed by atoms with van der Waals surface area (Å²) >= 11 is 0. The van der Waals surface area contributed by atoms with Gasteiger partial charge in [-0.2, -0.15) is 0 Å². The average Bonchev–Trinajstić information content (AvgIpc) is 2.64. The zero-order valence-electron chi connectivity index (χ0n) is 15.3. The number of hydrogen-bond acceptors (Lipinski definition) is 4. The van der Waals surface area contributed by atoms with Crippen LogP contribution in [0.3, 0.4) is 0 Å². The number of ether oxygens (including phenoxy) is 2. The lowest BCUT2D eigenvalue weighted by Crippen LogP contribution is -2.41. The van der Waals surface area contributed by atoms with Gasteiger partial charge in [0.25, 0.3) is 0 Å². The Morgan fingerprint density at radius 3 is 2.65 bits per heavy atom. The topological polar surface area (TPSA) is 88.7 Å². The second-order valence-corrected chi connectivity index (χ2v) is 6.00. The molecule has 1 aliphatic heterocycles. The van der Waals surface area contributed by atoms with Crippen LogP contribution in [0.2, 0.25) is 0 Å². The fourth-order valence-corrected chi connectivity index (χ4v) is 2.73. The molecule has 1 aromatic carbocycles. The summed E-state index contributed by atoms with van der Waals surface area (Å²) in [4.78, 5) is 23.1. The number of carbonyl (C=O) groups is 2. The average molecular weight is 361 g/mol. The fourth-order valence-electron chi connectivity index (χ4n) is 2.73. The van der Waals surface area contributed by atoms with Gasteiger partial charge in [0, 0.05) is 12.2 Å². The number of nitrogens with one attached hydrogen (secondary N) is 3. The van der Waals surface area contributed by atoms with Crippen molar-refractivity contribution >= 4 is 12.1 Å². The molecule has 0 aromatic heterocycles. The van der Waals surface area contributed by atoms with Crippen molar-refractivity contribution in [3.8, 4) is 5.75 Å². The summed E-state index contributed by atoms with van der Waals surface area (Å²) in [6, 6.07) is 7.33. The van der Waals surface area contributed by atoms with E-state index in [1.807, 2.05) is 30.3 Å². The molecule has 0 bridgehead atoms. The monoisotopic (exact) mass is 361 g/mol. The van der Waals surface area contributed by atoms with Gasteiger partial charge in [0.05, 0.1) is 19.8 Å². The fraction of sp³-hybridized carbons (Fsp3) is 0.474. The van der Waals surface area contributed by atoms with Crippen LogP contribution in [0.25, 0.3) is 0 Å². The number of unbranched alkanes of at least 4 members (excludes halogenated alkanes) is 2. The summed E-state index contributed by atoms with van der Waals surface area (Å²) in [5, 5.41) is 8.47. The molecule has 3 N–H and O–H groups in total. The highest BCUT2D eigenvalue weighted by atomic mass is 16.5. The van der Waals surface area contributed by atoms with Crippen molar-refractivity contribution in [1.82, 2.24) is 16.0 Å². The molecule has 2 rings (SSSR count). The number of carbonyl (C=O) groups excluding carboxylic acids is 2. The minimum absolute atomic E-state index is 0.143. The molecule has 0 saturated carbocycles. The van der Waals surface area contributed by atoms with Crippen molar-refractivity contribution in [3.63, 3.8) is 0 Å². The number of rotatable bonds is 9. The maximum absolute atomic E-state index is 11.9. The van der Waals surface area contributed by atoms with Crippen LogP contribution in [-0.2, 0) is 4.74 Å². The van der Waals surface area contributed by atoms with Gasteiger partial charge >= 0.3 is 12.1 Å². The lowest BCUT2D eigenvalue weighted by Gasteiger charge is -2.24. The summed E-state index contributed by atoms with van der Waals surface area (Å²) < 4.78 is 9.97.